The molecule has 0 aliphatic rings. The number of anilines is 2. The Morgan fingerprint density at radius 3 is 2.94 bits per heavy atom. The molecule has 0 saturated carbocycles. The van der Waals surface area contributed by atoms with Crippen molar-refractivity contribution in [3.8, 4) is 0 Å². The van der Waals surface area contributed by atoms with Crippen LogP contribution in [0.25, 0.3) is 0 Å². The minimum atomic E-state index is 0.407. The number of rotatable bonds is 5. The molecule has 2 aromatic rings. The Morgan fingerprint density at radius 2 is 2.17 bits per heavy atom. The maximum Gasteiger partial charge on any atom is 0.320 e. The van der Waals surface area contributed by atoms with Gasteiger partial charge in [-0.15, -0.1) is 5.10 Å². The van der Waals surface area contributed by atoms with E-state index in [4.69, 9.17) is 4.42 Å². The minimum Gasteiger partial charge on any atom is -0.406 e. The van der Waals surface area contributed by atoms with E-state index < -0.39 is 0 Å². The molecule has 5 nitrogen and oxygen atoms in total. The normalized spacial score (nSPS) is 10.6. The molecule has 0 radical (unpaired) electrons. The third-order valence-electron chi connectivity index (χ3n) is 2.50. The summed E-state index contributed by atoms with van der Waals surface area (Å²) in [4.78, 5) is 0. The zero-order valence-corrected chi connectivity index (χ0v) is 11.9. The first kappa shape index (κ1) is 13.0. The fourth-order valence-corrected chi connectivity index (χ4v) is 1.83. The van der Waals surface area contributed by atoms with Crippen LogP contribution in [0.15, 0.2) is 27.1 Å². The van der Waals surface area contributed by atoms with Gasteiger partial charge in [-0.2, -0.15) is 0 Å². The molecule has 0 fully saturated rings. The monoisotopic (exact) mass is 310 g/mol. The maximum absolute atomic E-state index is 5.47. The molecule has 96 valence electrons. The van der Waals surface area contributed by atoms with E-state index in [-0.39, 0.29) is 0 Å². The van der Waals surface area contributed by atoms with Gasteiger partial charge in [0.05, 0.1) is 6.54 Å². The van der Waals surface area contributed by atoms with E-state index in [1.807, 2.05) is 32.0 Å². The van der Waals surface area contributed by atoms with Gasteiger partial charge in [0.2, 0.25) is 5.89 Å². The fourth-order valence-electron chi connectivity index (χ4n) is 1.47. The summed E-state index contributed by atoms with van der Waals surface area (Å²) in [6, 6.07) is 6.32. The van der Waals surface area contributed by atoms with Gasteiger partial charge in [-0.05, 0) is 31.2 Å². The topological polar surface area (TPSA) is 63.0 Å². The lowest BCUT2D eigenvalue weighted by atomic mass is 10.2. The first-order valence-electron chi connectivity index (χ1n) is 5.76. The number of nitrogens with one attached hydrogen (secondary N) is 2. The van der Waals surface area contributed by atoms with Crippen LogP contribution in [0.4, 0.5) is 11.7 Å². The summed E-state index contributed by atoms with van der Waals surface area (Å²) in [5.74, 6) is 0.576. The lowest BCUT2D eigenvalue weighted by Gasteiger charge is -2.06. The number of nitrogens with zero attached hydrogens (tertiary/aromatic N) is 2. The summed E-state index contributed by atoms with van der Waals surface area (Å²) in [7, 11) is 0. The van der Waals surface area contributed by atoms with Crippen molar-refractivity contribution in [2.45, 2.75) is 20.4 Å². The van der Waals surface area contributed by atoms with E-state index in [1.54, 1.807) is 0 Å². The third kappa shape index (κ3) is 3.08. The van der Waals surface area contributed by atoms with Crippen LogP contribution in [0.5, 0.6) is 0 Å². The summed E-state index contributed by atoms with van der Waals surface area (Å²) in [6.07, 6.45) is 0. The highest BCUT2D eigenvalue weighted by molar-refractivity contribution is 9.10. The Labute approximate surface area is 114 Å². The van der Waals surface area contributed by atoms with Crippen LogP contribution in [-0.2, 0) is 6.54 Å². The highest BCUT2D eigenvalue weighted by atomic mass is 79.9. The first-order valence-corrected chi connectivity index (χ1v) is 6.55. The molecule has 1 aromatic heterocycles. The van der Waals surface area contributed by atoms with Crippen molar-refractivity contribution < 1.29 is 4.42 Å². The van der Waals surface area contributed by atoms with Crippen molar-refractivity contribution in [1.82, 2.24) is 15.5 Å². The van der Waals surface area contributed by atoms with Crippen LogP contribution < -0.4 is 10.6 Å². The Hall–Kier alpha value is -1.40. The predicted octanol–water partition coefficient (Wildman–Crippen LogP) is 2.99. The second kappa shape index (κ2) is 5.97. The van der Waals surface area contributed by atoms with E-state index in [1.165, 1.54) is 0 Å². The lowest BCUT2D eigenvalue weighted by Crippen LogP contribution is -2.11. The van der Waals surface area contributed by atoms with Gasteiger partial charge in [0.25, 0.3) is 0 Å². The highest BCUT2D eigenvalue weighted by Gasteiger charge is 2.08. The molecule has 0 spiro atoms. The van der Waals surface area contributed by atoms with Crippen molar-refractivity contribution in [3.05, 3.63) is 34.1 Å². The zero-order chi connectivity index (χ0) is 13.0. The predicted molar refractivity (Wildman–Crippen MR) is 73.8 cm³/mol. The zero-order valence-electron chi connectivity index (χ0n) is 10.3. The number of hydrogen-bond acceptors (Lipinski definition) is 5. The van der Waals surface area contributed by atoms with Gasteiger partial charge in [0.15, 0.2) is 0 Å². The largest absolute Gasteiger partial charge is 0.406 e. The molecule has 18 heavy (non-hydrogen) atoms. The Bertz CT molecular complexity index is 527. The van der Waals surface area contributed by atoms with Gasteiger partial charge >= 0.3 is 6.01 Å². The van der Waals surface area contributed by atoms with E-state index >= 15 is 0 Å². The fraction of sp³-hybridized carbons (Fsp3) is 0.333. The molecular weight excluding hydrogens is 296 g/mol. The number of benzene rings is 1. The Kier molecular flexibility index (Phi) is 4.33. The van der Waals surface area contributed by atoms with Gasteiger partial charge < -0.3 is 15.1 Å². The molecule has 1 aromatic carbocycles. The average Bonchev–Trinajstić information content (AvgIpc) is 2.80. The van der Waals surface area contributed by atoms with Crippen LogP contribution in [0.1, 0.15) is 18.4 Å². The summed E-state index contributed by atoms with van der Waals surface area (Å²) in [5, 5.41) is 14.1. The van der Waals surface area contributed by atoms with Crippen LogP contribution in [0.3, 0.4) is 0 Å². The summed E-state index contributed by atoms with van der Waals surface area (Å²) in [6.45, 7) is 5.50. The van der Waals surface area contributed by atoms with Gasteiger partial charge in [-0.3, -0.25) is 0 Å². The van der Waals surface area contributed by atoms with Gasteiger partial charge in [0.1, 0.15) is 0 Å². The van der Waals surface area contributed by atoms with Gasteiger partial charge in [-0.25, -0.2) is 0 Å². The van der Waals surface area contributed by atoms with Crippen LogP contribution in [-0.4, -0.2) is 16.7 Å². The van der Waals surface area contributed by atoms with Crippen LogP contribution in [0.2, 0.25) is 0 Å². The van der Waals surface area contributed by atoms with Crippen molar-refractivity contribution in [1.29, 1.82) is 0 Å². The maximum atomic E-state index is 5.47. The molecule has 6 heteroatoms. The molecule has 0 atom stereocenters. The molecule has 2 N–H and O–H groups in total. The van der Waals surface area contributed by atoms with E-state index in [0.717, 1.165) is 22.3 Å². The quantitative estimate of drug-likeness (QED) is 0.889. The molecule has 2 rings (SSSR count). The van der Waals surface area contributed by atoms with Crippen molar-refractivity contribution in [2.75, 3.05) is 11.9 Å². The Morgan fingerprint density at radius 1 is 1.33 bits per heavy atom. The standard InChI is InChI=1S/C12H15BrN4O/c1-3-14-7-11-16-17-12(18-11)15-10-6-4-5-9(13)8(10)2/h4-6,14H,3,7H2,1-2H3,(H,15,17). The molecule has 1 heterocycles. The summed E-state index contributed by atoms with van der Waals surface area (Å²) >= 11 is 3.48. The molecule has 0 saturated heterocycles. The SMILES string of the molecule is CCNCc1nnc(Nc2cccc(Br)c2C)o1. The third-order valence-corrected chi connectivity index (χ3v) is 3.36. The van der Waals surface area contributed by atoms with Crippen molar-refractivity contribution in [3.63, 3.8) is 0 Å². The van der Waals surface area contributed by atoms with Crippen molar-refractivity contribution >= 4 is 27.6 Å². The second-order valence-corrected chi connectivity index (χ2v) is 4.67. The lowest BCUT2D eigenvalue weighted by molar-refractivity contribution is 0.484. The Balaban J connectivity index is 2.09. The van der Waals surface area contributed by atoms with E-state index in [9.17, 15) is 0 Å². The van der Waals surface area contributed by atoms with Crippen LogP contribution in [0, 0.1) is 6.92 Å². The van der Waals surface area contributed by atoms with E-state index in [2.05, 4.69) is 36.8 Å². The first-order chi connectivity index (χ1) is 8.70. The smallest absolute Gasteiger partial charge is 0.320 e. The van der Waals surface area contributed by atoms with Gasteiger partial charge in [0, 0.05) is 10.2 Å². The molecule has 0 unspecified atom stereocenters. The van der Waals surface area contributed by atoms with Crippen LogP contribution >= 0.6 is 15.9 Å². The number of hydrogen-bond donors (Lipinski definition) is 2. The molecule has 0 aliphatic heterocycles. The molecule has 0 aliphatic carbocycles. The minimum absolute atomic E-state index is 0.407. The average molecular weight is 311 g/mol. The summed E-state index contributed by atoms with van der Waals surface area (Å²) in [5.41, 5.74) is 2.05. The van der Waals surface area contributed by atoms with Gasteiger partial charge in [-0.1, -0.05) is 34.0 Å². The highest BCUT2D eigenvalue weighted by Crippen LogP contribution is 2.25. The number of halogens is 1. The number of aromatic nitrogens is 2. The molecule has 0 bridgehead atoms. The van der Waals surface area contributed by atoms with Crippen molar-refractivity contribution in [2.24, 2.45) is 0 Å². The summed E-state index contributed by atoms with van der Waals surface area (Å²) < 4.78 is 6.51. The second-order valence-electron chi connectivity index (χ2n) is 3.82. The molecule has 0 amide bonds. The van der Waals surface area contributed by atoms with E-state index in [0.29, 0.717) is 18.5 Å². The molecular formula is C12H15BrN4O.